The Balaban J connectivity index is 1.32. The molecule has 0 radical (unpaired) electrons. The molecule has 0 amide bonds. The van der Waals surface area contributed by atoms with Gasteiger partial charge in [0, 0.05) is 25.0 Å². The van der Waals surface area contributed by atoms with Crippen molar-refractivity contribution in [2.24, 2.45) is 0 Å². The van der Waals surface area contributed by atoms with Gasteiger partial charge >= 0.3 is 6.18 Å². The summed E-state index contributed by atoms with van der Waals surface area (Å²) >= 11 is 0. The number of rotatable bonds is 2. The second-order valence-corrected chi connectivity index (χ2v) is 7.76. The smallest absolute Gasteiger partial charge is 0.342 e. The first-order valence-corrected chi connectivity index (χ1v) is 9.86. The molecule has 0 spiro atoms. The summed E-state index contributed by atoms with van der Waals surface area (Å²) in [5.74, 6) is -0.430. The lowest BCUT2D eigenvalue weighted by molar-refractivity contribution is -0.137. The summed E-state index contributed by atoms with van der Waals surface area (Å²) in [6.07, 6.45) is -1.92. The van der Waals surface area contributed by atoms with E-state index in [0.29, 0.717) is 31.0 Å². The third kappa shape index (κ3) is 2.97. The molecule has 2 atom stereocenters. The molecule has 3 aromatic rings. The van der Waals surface area contributed by atoms with E-state index in [2.05, 4.69) is 10.4 Å². The van der Waals surface area contributed by atoms with Crippen molar-refractivity contribution in [1.29, 1.82) is 0 Å². The number of benzene rings is 1. The monoisotopic (exact) mass is 431 g/mol. The number of pyridine rings is 1. The molecule has 0 aliphatic carbocycles. The summed E-state index contributed by atoms with van der Waals surface area (Å²) in [6, 6.07) is 8.83. The van der Waals surface area contributed by atoms with E-state index in [1.54, 1.807) is 12.3 Å². The number of hydrogen-bond acceptors (Lipinski definition) is 5. The second-order valence-electron chi connectivity index (χ2n) is 7.76. The minimum absolute atomic E-state index is 0.210. The molecule has 2 unspecified atom stereocenters. The van der Waals surface area contributed by atoms with Gasteiger partial charge in [0.1, 0.15) is 11.8 Å². The maximum absolute atomic E-state index is 14.0. The van der Waals surface area contributed by atoms with Gasteiger partial charge in [-0.2, -0.15) is 17.6 Å². The SMILES string of the molecule is Fc1cnc2ccc(C3=C4C5OC5N(c5ccc(C(F)(F)F)cc5)CCN4NC3)cn12. The summed E-state index contributed by atoms with van der Waals surface area (Å²) < 4.78 is 60.0. The Morgan fingerprint density at radius 3 is 2.65 bits per heavy atom. The summed E-state index contributed by atoms with van der Waals surface area (Å²) in [5.41, 5.74) is 6.76. The molecule has 160 valence electrons. The highest BCUT2D eigenvalue weighted by molar-refractivity contribution is 5.73. The van der Waals surface area contributed by atoms with Gasteiger partial charge in [0.25, 0.3) is 0 Å². The molecule has 0 saturated carbocycles. The number of anilines is 1. The molecule has 3 aliphatic heterocycles. The summed E-state index contributed by atoms with van der Waals surface area (Å²) in [4.78, 5) is 5.99. The Hall–Kier alpha value is -3.11. The fraction of sp³-hybridized carbons (Fsp3) is 0.286. The molecule has 10 heteroatoms. The third-order valence-corrected chi connectivity index (χ3v) is 5.99. The number of halogens is 4. The molecule has 2 aromatic heterocycles. The topological polar surface area (TPSA) is 48.3 Å². The first kappa shape index (κ1) is 18.6. The average Bonchev–Trinajstić information content (AvgIpc) is 3.31. The number of fused-ring (bicyclic) bond motifs is 4. The predicted molar refractivity (Wildman–Crippen MR) is 104 cm³/mol. The number of ether oxygens (including phenoxy) is 1. The van der Waals surface area contributed by atoms with E-state index in [1.165, 1.54) is 22.7 Å². The summed E-state index contributed by atoms with van der Waals surface area (Å²) in [6.45, 7) is 1.81. The Labute approximate surface area is 174 Å². The van der Waals surface area contributed by atoms with Crippen molar-refractivity contribution < 1.29 is 22.3 Å². The van der Waals surface area contributed by atoms with Crippen LogP contribution >= 0.6 is 0 Å². The molecule has 31 heavy (non-hydrogen) atoms. The molecule has 1 N–H and O–H groups in total. The Kier molecular flexibility index (Phi) is 3.87. The maximum atomic E-state index is 14.0. The summed E-state index contributed by atoms with van der Waals surface area (Å²) in [5, 5.41) is 2.03. The van der Waals surface area contributed by atoms with Gasteiger partial charge in [0.15, 0.2) is 6.23 Å². The van der Waals surface area contributed by atoms with Crippen molar-refractivity contribution in [3.05, 3.63) is 71.6 Å². The van der Waals surface area contributed by atoms with Gasteiger partial charge in [-0.1, -0.05) is 0 Å². The highest BCUT2D eigenvalue weighted by Gasteiger charge is 2.52. The molecule has 2 saturated heterocycles. The number of alkyl halides is 3. The van der Waals surface area contributed by atoms with Crippen LogP contribution in [0.4, 0.5) is 23.2 Å². The Morgan fingerprint density at radius 1 is 1.06 bits per heavy atom. The maximum Gasteiger partial charge on any atom is 0.416 e. The van der Waals surface area contributed by atoms with E-state index in [1.807, 2.05) is 16.0 Å². The van der Waals surface area contributed by atoms with Gasteiger partial charge in [0.05, 0.1) is 24.0 Å². The second kappa shape index (κ2) is 6.44. The largest absolute Gasteiger partial charge is 0.416 e. The zero-order valence-corrected chi connectivity index (χ0v) is 16.1. The Bertz CT molecular complexity index is 1200. The van der Waals surface area contributed by atoms with Crippen molar-refractivity contribution in [3.63, 3.8) is 0 Å². The van der Waals surface area contributed by atoms with Crippen LogP contribution in [0.3, 0.4) is 0 Å². The van der Waals surface area contributed by atoms with Gasteiger partial charge < -0.3 is 14.6 Å². The molecule has 6 rings (SSSR count). The minimum Gasteiger partial charge on any atom is -0.342 e. The number of nitrogens with zero attached hydrogens (tertiary/aromatic N) is 4. The molecule has 5 heterocycles. The van der Waals surface area contributed by atoms with Crippen molar-refractivity contribution >= 4 is 16.9 Å². The highest BCUT2D eigenvalue weighted by atomic mass is 19.4. The van der Waals surface area contributed by atoms with E-state index in [9.17, 15) is 17.6 Å². The average molecular weight is 431 g/mol. The van der Waals surface area contributed by atoms with Crippen molar-refractivity contribution in [2.45, 2.75) is 18.5 Å². The fourth-order valence-electron chi connectivity index (χ4n) is 4.41. The lowest BCUT2D eigenvalue weighted by Crippen LogP contribution is -2.37. The van der Waals surface area contributed by atoms with Crippen LogP contribution in [0.15, 0.2) is 54.5 Å². The molecular formula is C21H17F4N5O. The van der Waals surface area contributed by atoms with Gasteiger partial charge in [-0.3, -0.25) is 4.40 Å². The van der Waals surface area contributed by atoms with Crippen LogP contribution in [-0.2, 0) is 10.9 Å². The van der Waals surface area contributed by atoms with Gasteiger partial charge in [-0.15, -0.1) is 0 Å². The van der Waals surface area contributed by atoms with Gasteiger partial charge in [-0.05, 0) is 47.5 Å². The molecule has 1 aromatic carbocycles. The van der Waals surface area contributed by atoms with E-state index >= 15 is 0 Å². The number of nitrogens with one attached hydrogen (secondary N) is 1. The molecular weight excluding hydrogens is 414 g/mol. The predicted octanol–water partition coefficient (Wildman–Crippen LogP) is 3.27. The number of hydrogen-bond donors (Lipinski definition) is 1. The normalized spacial score (nSPS) is 23.2. The van der Waals surface area contributed by atoms with E-state index in [4.69, 9.17) is 4.74 Å². The molecule has 3 aliphatic rings. The standard InChI is InChI=1S/C21H17F4N5O/c22-16-10-26-17-6-1-12(11-29(16)17)15-9-27-30-8-7-28(20-19(31-20)18(15)30)14-4-2-13(3-5-14)21(23,24)25/h1-6,10-11,19-20,27H,7-9H2. The summed E-state index contributed by atoms with van der Waals surface area (Å²) in [7, 11) is 0. The lowest BCUT2D eigenvalue weighted by atomic mass is 10.0. The van der Waals surface area contributed by atoms with E-state index in [-0.39, 0.29) is 12.3 Å². The van der Waals surface area contributed by atoms with E-state index < -0.39 is 17.7 Å². The van der Waals surface area contributed by atoms with Crippen LogP contribution in [0.2, 0.25) is 0 Å². The highest BCUT2D eigenvalue weighted by Crippen LogP contribution is 2.43. The van der Waals surface area contributed by atoms with Crippen molar-refractivity contribution in [1.82, 2.24) is 19.8 Å². The van der Waals surface area contributed by atoms with Crippen LogP contribution in [0.1, 0.15) is 11.1 Å². The van der Waals surface area contributed by atoms with Gasteiger partial charge in [0.2, 0.25) is 5.95 Å². The zero-order valence-electron chi connectivity index (χ0n) is 16.1. The molecule has 0 bridgehead atoms. The number of imidazole rings is 1. The van der Waals surface area contributed by atoms with E-state index in [0.717, 1.165) is 29.0 Å². The van der Waals surface area contributed by atoms with Crippen LogP contribution in [0, 0.1) is 5.95 Å². The van der Waals surface area contributed by atoms with Crippen LogP contribution in [0.5, 0.6) is 0 Å². The van der Waals surface area contributed by atoms with Gasteiger partial charge in [-0.25, -0.2) is 10.4 Å². The van der Waals surface area contributed by atoms with Crippen LogP contribution in [-0.4, -0.2) is 46.4 Å². The third-order valence-electron chi connectivity index (χ3n) is 5.99. The number of hydrazine groups is 1. The van der Waals surface area contributed by atoms with Crippen LogP contribution < -0.4 is 10.3 Å². The fourth-order valence-corrected chi connectivity index (χ4v) is 4.41. The van der Waals surface area contributed by atoms with Crippen LogP contribution in [0.25, 0.3) is 11.2 Å². The van der Waals surface area contributed by atoms with Crippen molar-refractivity contribution in [3.8, 4) is 0 Å². The first-order valence-electron chi connectivity index (χ1n) is 9.86. The number of epoxide rings is 1. The number of aromatic nitrogens is 2. The molecule has 6 nitrogen and oxygen atoms in total. The Morgan fingerprint density at radius 2 is 1.87 bits per heavy atom. The quantitative estimate of drug-likeness (QED) is 0.499. The molecule has 2 fully saturated rings. The first-order chi connectivity index (χ1) is 14.9. The zero-order chi connectivity index (χ0) is 21.3. The minimum atomic E-state index is -4.36. The van der Waals surface area contributed by atoms with Crippen molar-refractivity contribution in [2.75, 3.05) is 24.5 Å². The lowest BCUT2D eigenvalue weighted by Gasteiger charge is -2.25.